The van der Waals surface area contributed by atoms with Crippen molar-refractivity contribution in [3.63, 3.8) is 0 Å². The second-order valence-electron chi connectivity index (χ2n) is 4.68. The van der Waals surface area contributed by atoms with Gasteiger partial charge in [0.05, 0.1) is 7.11 Å². The van der Waals surface area contributed by atoms with Gasteiger partial charge in [-0.15, -0.1) is 6.58 Å². The van der Waals surface area contributed by atoms with E-state index in [0.717, 1.165) is 35.7 Å². The maximum atomic E-state index is 5.83. The van der Waals surface area contributed by atoms with E-state index in [0.29, 0.717) is 6.61 Å². The van der Waals surface area contributed by atoms with Crippen LogP contribution in [0.4, 0.5) is 0 Å². The smallest absolute Gasteiger partial charge is 0.161 e. The molecular formula is C18H21NO2. The predicted octanol–water partition coefficient (Wildman–Crippen LogP) is 3.55. The molecule has 0 atom stereocenters. The molecule has 0 spiro atoms. The Morgan fingerprint density at radius 3 is 2.57 bits per heavy atom. The second-order valence-corrected chi connectivity index (χ2v) is 4.68. The van der Waals surface area contributed by atoms with Crippen molar-refractivity contribution in [2.24, 2.45) is 0 Å². The number of rotatable bonds is 8. The van der Waals surface area contributed by atoms with Gasteiger partial charge in [0, 0.05) is 13.1 Å². The highest BCUT2D eigenvalue weighted by molar-refractivity contribution is 5.43. The molecule has 0 saturated heterocycles. The molecule has 0 radical (unpaired) electrons. The molecule has 0 amide bonds. The first-order chi connectivity index (χ1) is 10.3. The Morgan fingerprint density at radius 1 is 1.05 bits per heavy atom. The lowest BCUT2D eigenvalue weighted by Crippen LogP contribution is -2.12. The van der Waals surface area contributed by atoms with Gasteiger partial charge in [0.25, 0.3) is 0 Å². The van der Waals surface area contributed by atoms with Crippen molar-refractivity contribution in [3.8, 4) is 11.5 Å². The van der Waals surface area contributed by atoms with Crippen molar-refractivity contribution in [1.29, 1.82) is 0 Å². The summed E-state index contributed by atoms with van der Waals surface area (Å²) in [6.07, 6.45) is 1.84. The zero-order valence-corrected chi connectivity index (χ0v) is 12.3. The molecule has 0 aliphatic carbocycles. The highest BCUT2D eigenvalue weighted by Crippen LogP contribution is 2.28. The quantitative estimate of drug-likeness (QED) is 0.593. The Bertz CT molecular complexity index is 567. The Labute approximate surface area is 126 Å². The van der Waals surface area contributed by atoms with Gasteiger partial charge in [-0.2, -0.15) is 0 Å². The molecule has 0 bridgehead atoms. The number of nitrogens with one attached hydrogen (secondary N) is 1. The number of benzene rings is 2. The number of hydrogen-bond donors (Lipinski definition) is 1. The topological polar surface area (TPSA) is 30.5 Å². The third-order valence-electron chi connectivity index (χ3n) is 3.08. The Balaban J connectivity index is 2.00. The molecule has 2 aromatic carbocycles. The first-order valence-electron chi connectivity index (χ1n) is 6.98. The lowest BCUT2D eigenvalue weighted by molar-refractivity contribution is 0.284. The van der Waals surface area contributed by atoms with Crippen LogP contribution < -0.4 is 14.8 Å². The van der Waals surface area contributed by atoms with Gasteiger partial charge in [-0.3, -0.25) is 0 Å². The monoisotopic (exact) mass is 283 g/mol. The predicted molar refractivity (Wildman–Crippen MR) is 85.7 cm³/mol. The fourth-order valence-corrected chi connectivity index (χ4v) is 2.00. The number of hydrogen-bond acceptors (Lipinski definition) is 3. The van der Waals surface area contributed by atoms with Crippen LogP contribution in [0.15, 0.2) is 61.2 Å². The van der Waals surface area contributed by atoms with Gasteiger partial charge in [0.15, 0.2) is 11.5 Å². The zero-order chi connectivity index (χ0) is 14.9. The molecule has 0 heterocycles. The van der Waals surface area contributed by atoms with E-state index in [-0.39, 0.29) is 0 Å². The maximum Gasteiger partial charge on any atom is 0.161 e. The Morgan fingerprint density at radius 2 is 1.86 bits per heavy atom. The van der Waals surface area contributed by atoms with Crippen molar-refractivity contribution in [1.82, 2.24) is 5.32 Å². The van der Waals surface area contributed by atoms with Gasteiger partial charge in [0.2, 0.25) is 0 Å². The standard InChI is InChI=1S/C18H21NO2/c1-3-11-19-13-16-9-10-17(18(12-16)20-2)21-14-15-7-5-4-6-8-15/h3-10,12,19H,1,11,13-14H2,2H3. The summed E-state index contributed by atoms with van der Waals surface area (Å²) in [6.45, 7) is 5.78. The Hall–Kier alpha value is -2.26. The summed E-state index contributed by atoms with van der Waals surface area (Å²) >= 11 is 0. The molecule has 3 nitrogen and oxygen atoms in total. The van der Waals surface area contributed by atoms with Crippen molar-refractivity contribution >= 4 is 0 Å². The lowest BCUT2D eigenvalue weighted by atomic mass is 10.2. The van der Waals surface area contributed by atoms with Crippen LogP contribution in [0.3, 0.4) is 0 Å². The summed E-state index contributed by atoms with van der Waals surface area (Å²) in [7, 11) is 1.66. The molecule has 3 heteroatoms. The molecule has 2 aromatic rings. The van der Waals surface area contributed by atoms with E-state index in [9.17, 15) is 0 Å². The molecular weight excluding hydrogens is 262 g/mol. The minimum atomic E-state index is 0.533. The van der Waals surface area contributed by atoms with Crippen molar-refractivity contribution in [2.45, 2.75) is 13.2 Å². The third-order valence-corrected chi connectivity index (χ3v) is 3.08. The Kier molecular flexibility index (Phi) is 5.85. The minimum absolute atomic E-state index is 0.533. The van der Waals surface area contributed by atoms with Gasteiger partial charge in [-0.1, -0.05) is 42.5 Å². The second kappa shape index (κ2) is 8.12. The van der Waals surface area contributed by atoms with Gasteiger partial charge >= 0.3 is 0 Å². The van der Waals surface area contributed by atoms with E-state index in [2.05, 4.69) is 11.9 Å². The van der Waals surface area contributed by atoms with Crippen molar-refractivity contribution in [3.05, 3.63) is 72.3 Å². The van der Waals surface area contributed by atoms with Crippen molar-refractivity contribution in [2.75, 3.05) is 13.7 Å². The molecule has 0 unspecified atom stereocenters. The first kappa shape index (κ1) is 15.1. The van der Waals surface area contributed by atoms with Gasteiger partial charge in [0.1, 0.15) is 6.61 Å². The molecule has 0 aliphatic heterocycles. The highest BCUT2D eigenvalue weighted by Gasteiger charge is 2.06. The molecule has 2 rings (SSSR count). The van der Waals surface area contributed by atoms with E-state index >= 15 is 0 Å². The van der Waals surface area contributed by atoms with Crippen LogP contribution in [0.2, 0.25) is 0 Å². The van der Waals surface area contributed by atoms with Crippen LogP contribution in [-0.4, -0.2) is 13.7 Å². The van der Waals surface area contributed by atoms with Crippen LogP contribution in [0.5, 0.6) is 11.5 Å². The number of ether oxygens (including phenoxy) is 2. The fraction of sp³-hybridized carbons (Fsp3) is 0.222. The summed E-state index contributed by atoms with van der Waals surface area (Å²) in [5, 5.41) is 3.27. The average Bonchev–Trinajstić information content (AvgIpc) is 2.54. The first-order valence-corrected chi connectivity index (χ1v) is 6.98. The minimum Gasteiger partial charge on any atom is -0.493 e. The molecule has 110 valence electrons. The van der Waals surface area contributed by atoms with E-state index in [4.69, 9.17) is 9.47 Å². The molecule has 1 N–H and O–H groups in total. The number of methoxy groups -OCH3 is 1. The third kappa shape index (κ3) is 4.65. The summed E-state index contributed by atoms with van der Waals surface area (Å²) in [6, 6.07) is 16.1. The lowest BCUT2D eigenvalue weighted by Gasteiger charge is -2.12. The van der Waals surface area contributed by atoms with Crippen molar-refractivity contribution < 1.29 is 9.47 Å². The van der Waals surface area contributed by atoms with E-state index in [1.165, 1.54) is 0 Å². The summed E-state index contributed by atoms with van der Waals surface area (Å²) in [4.78, 5) is 0. The zero-order valence-electron chi connectivity index (χ0n) is 12.3. The summed E-state index contributed by atoms with van der Waals surface area (Å²) in [5.41, 5.74) is 2.29. The van der Waals surface area contributed by atoms with Gasteiger partial charge in [-0.05, 0) is 23.3 Å². The highest BCUT2D eigenvalue weighted by atomic mass is 16.5. The SMILES string of the molecule is C=CCNCc1ccc(OCc2ccccc2)c(OC)c1. The van der Waals surface area contributed by atoms with E-state index in [1.54, 1.807) is 7.11 Å². The van der Waals surface area contributed by atoms with E-state index < -0.39 is 0 Å². The van der Waals surface area contributed by atoms with Gasteiger partial charge < -0.3 is 14.8 Å². The van der Waals surface area contributed by atoms with Gasteiger partial charge in [-0.25, -0.2) is 0 Å². The van der Waals surface area contributed by atoms with Crippen LogP contribution in [0, 0.1) is 0 Å². The molecule has 0 saturated carbocycles. The summed E-state index contributed by atoms with van der Waals surface area (Å²) in [5.74, 6) is 1.51. The van der Waals surface area contributed by atoms with Crippen LogP contribution in [0.1, 0.15) is 11.1 Å². The van der Waals surface area contributed by atoms with Crippen LogP contribution in [-0.2, 0) is 13.2 Å². The summed E-state index contributed by atoms with van der Waals surface area (Å²) < 4.78 is 11.2. The fourth-order valence-electron chi connectivity index (χ4n) is 2.00. The average molecular weight is 283 g/mol. The van der Waals surface area contributed by atoms with E-state index in [1.807, 2.05) is 54.6 Å². The molecule has 0 aromatic heterocycles. The molecule has 21 heavy (non-hydrogen) atoms. The largest absolute Gasteiger partial charge is 0.493 e. The molecule has 0 aliphatic rings. The maximum absolute atomic E-state index is 5.83. The van der Waals surface area contributed by atoms with Crippen LogP contribution in [0.25, 0.3) is 0 Å². The van der Waals surface area contributed by atoms with Crippen LogP contribution >= 0.6 is 0 Å². The molecule has 0 fully saturated rings. The normalized spacial score (nSPS) is 10.1.